The van der Waals surface area contributed by atoms with E-state index in [0.717, 1.165) is 23.4 Å². The van der Waals surface area contributed by atoms with Crippen LogP contribution in [0.25, 0.3) is 0 Å². The second kappa shape index (κ2) is 5.04. The van der Waals surface area contributed by atoms with Crippen LogP contribution in [0, 0.1) is 11.6 Å². The minimum absolute atomic E-state index is 0.0438. The van der Waals surface area contributed by atoms with Crippen LogP contribution in [-0.2, 0) is 0 Å². The lowest BCUT2D eigenvalue weighted by Crippen LogP contribution is -2.12. The minimum Gasteiger partial charge on any atom is -0.384 e. The molecule has 102 valence electrons. The van der Waals surface area contributed by atoms with Crippen LogP contribution in [0.1, 0.15) is 28.3 Å². The third-order valence-electron chi connectivity index (χ3n) is 3.61. The molecule has 1 unspecified atom stereocenters. The van der Waals surface area contributed by atoms with Crippen molar-refractivity contribution in [3.05, 3.63) is 65.2 Å². The lowest BCUT2D eigenvalue weighted by atomic mass is 9.93. The third kappa shape index (κ3) is 2.18. The lowest BCUT2D eigenvalue weighted by molar-refractivity contribution is 0.0967. The molecule has 0 radical (unpaired) electrons. The second-order valence-corrected chi connectivity index (χ2v) is 4.89. The predicted octanol–water partition coefficient (Wildman–Crippen LogP) is 3.75. The molecule has 0 spiro atoms. The van der Waals surface area contributed by atoms with Gasteiger partial charge in [-0.1, -0.05) is 24.3 Å². The summed E-state index contributed by atoms with van der Waals surface area (Å²) in [6.45, 7) is 0.612. The first-order valence-electron chi connectivity index (χ1n) is 6.47. The molecular formula is C16H13F2NO. The number of nitrogens with one attached hydrogen (secondary N) is 1. The highest BCUT2D eigenvalue weighted by molar-refractivity contribution is 5.97. The Hall–Kier alpha value is -2.23. The summed E-state index contributed by atoms with van der Waals surface area (Å²) < 4.78 is 27.2. The van der Waals surface area contributed by atoms with Crippen molar-refractivity contribution in [1.82, 2.24) is 0 Å². The molecule has 1 N–H and O–H groups in total. The van der Waals surface area contributed by atoms with Gasteiger partial charge in [0.1, 0.15) is 11.6 Å². The molecule has 2 nitrogen and oxygen atoms in total. The van der Waals surface area contributed by atoms with Crippen molar-refractivity contribution in [1.29, 1.82) is 0 Å². The van der Waals surface area contributed by atoms with E-state index in [1.165, 1.54) is 6.07 Å². The molecule has 0 amide bonds. The van der Waals surface area contributed by atoms with Gasteiger partial charge in [0.2, 0.25) is 0 Å². The van der Waals surface area contributed by atoms with Gasteiger partial charge < -0.3 is 5.32 Å². The van der Waals surface area contributed by atoms with E-state index < -0.39 is 23.0 Å². The van der Waals surface area contributed by atoms with Crippen LogP contribution < -0.4 is 5.32 Å². The highest BCUT2D eigenvalue weighted by Gasteiger charge is 2.26. The van der Waals surface area contributed by atoms with Gasteiger partial charge in [0.15, 0.2) is 5.78 Å². The highest BCUT2D eigenvalue weighted by Crippen LogP contribution is 2.34. The average Bonchev–Trinajstić information content (AvgIpc) is 2.82. The molecule has 0 saturated carbocycles. The van der Waals surface area contributed by atoms with Crippen LogP contribution in [0.2, 0.25) is 0 Å². The SMILES string of the molecule is O=C(CC1CNc2ccccc21)c1c(F)cccc1F. The number of rotatable bonds is 3. The maximum absolute atomic E-state index is 13.6. The van der Waals surface area contributed by atoms with Crippen LogP contribution in [-0.4, -0.2) is 12.3 Å². The zero-order valence-corrected chi connectivity index (χ0v) is 10.7. The Morgan fingerprint density at radius 2 is 1.80 bits per heavy atom. The monoisotopic (exact) mass is 273 g/mol. The summed E-state index contributed by atoms with van der Waals surface area (Å²) in [6, 6.07) is 11.1. The van der Waals surface area contributed by atoms with Gasteiger partial charge in [-0.15, -0.1) is 0 Å². The van der Waals surface area contributed by atoms with Crippen LogP contribution in [0.4, 0.5) is 14.5 Å². The number of benzene rings is 2. The zero-order valence-electron chi connectivity index (χ0n) is 10.7. The molecule has 1 aliphatic heterocycles. The van der Waals surface area contributed by atoms with Gasteiger partial charge in [-0.25, -0.2) is 8.78 Å². The number of hydrogen-bond donors (Lipinski definition) is 1. The van der Waals surface area contributed by atoms with Gasteiger partial charge in [-0.05, 0) is 23.8 Å². The first kappa shape index (κ1) is 12.8. The van der Waals surface area contributed by atoms with Gasteiger partial charge in [-0.2, -0.15) is 0 Å². The van der Waals surface area contributed by atoms with Crippen LogP contribution >= 0.6 is 0 Å². The summed E-state index contributed by atoms with van der Waals surface area (Å²) in [6.07, 6.45) is 0.0991. The van der Waals surface area contributed by atoms with E-state index in [-0.39, 0.29) is 12.3 Å². The number of halogens is 2. The average molecular weight is 273 g/mol. The van der Waals surface area contributed by atoms with Crippen molar-refractivity contribution in [2.45, 2.75) is 12.3 Å². The Morgan fingerprint density at radius 3 is 2.55 bits per heavy atom. The summed E-state index contributed by atoms with van der Waals surface area (Å²) >= 11 is 0. The first-order valence-corrected chi connectivity index (χ1v) is 6.47. The molecule has 0 aromatic heterocycles. The maximum Gasteiger partial charge on any atom is 0.169 e. The van der Waals surface area contributed by atoms with E-state index in [4.69, 9.17) is 0 Å². The molecule has 2 aromatic rings. The summed E-state index contributed by atoms with van der Waals surface area (Å²) in [5, 5.41) is 3.20. The number of anilines is 1. The van der Waals surface area contributed by atoms with Crippen molar-refractivity contribution in [2.75, 3.05) is 11.9 Å². The molecule has 4 heteroatoms. The number of para-hydroxylation sites is 1. The van der Waals surface area contributed by atoms with E-state index in [1.807, 2.05) is 24.3 Å². The molecule has 0 aliphatic carbocycles. The quantitative estimate of drug-likeness (QED) is 0.863. The maximum atomic E-state index is 13.6. The Kier molecular flexibility index (Phi) is 3.22. The van der Waals surface area contributed by atoms with E-state index in [2.05, 4.69) is 5.32 Å². The largest absolute Gasteiger partial charge is 0.384 e. The molecular weight excluding hydrogens is 260 g/mol. The molecule has 20 heavy (non-hydrogen) atoms. The fraction of sp³-hybridized carbons (Fsp3) is 0.188. The van der Waals surface area contributed by atoms with Crippen molar-refractivity contribution in [3.8, 4) is 0 Å². The van der Waals surface area contributed by atoms with Gasteiger partial charge in [0, 0.05) is 24.6 Å². The topological polar surface area (TPSA) is 29.1 Å². The highest BCUT2D eigenvalue weighted by atomic mass is 19.1. The smallest absolute Gasteiger partial charge is 0.169 e. The zero-order chi connectivity index (χ0) is 14.1. The van der Waals surface area contributed by atoms with Gasteiger partial charge >= 0.3 is 0 Å². The molecule has 1 heterocycles. The number of ketones is 1. The van der Waals surface area contributed by atoms with Gasteiger partial charge in [-0.3, -0.25) is 4.79 Å². The van der Waals surface area contributed by atoms with Crippen molar-refractivity contribution in [3.63, 3.8) is 0 Å². The van der Waals surface area contributed by atoms with Gasteiger partial charge in [0.25, 0.3) is 0 Å². The summed E-state index contributed by atoms with van der Waals surface area (Å²) in [5.41, 5.74) is 1.58. The Labute approximate surface area is 115 Å². The number of Topliss-reactive ketones (excluding diaryl/α,β-unsaturated/α-hetero) is 1. The molecule has 1 atom stereocenters. The van der Waals surface area contributed by atoms with E-state index in [1.54, 1.807) is 0 Å². The number of carbonyl (C=O) groups excluding carboxylic acids is 1. The number of fused-ring (bicyclic) bond motifs is 1. The van der Waals surface area contributed by atoms with E-state index >= 15 is 0 Å². The van der Waals surface area contributed by atoms with Crippen LogP contribution in [0.3, 0.4) is 0 Å². The molecule has 3 rings (SSSR count). The molecule has 0 bridgehead atoms. The molecule has 0 saturated heterocycles. The van der Waals surface area contributed by atoms with Crippen molar-refractivity contribution < 1.29 is 13.6 Å². The third-order valence-corrected chi connectivity index (χ3v) is 3.61. The summed E-state index contributed by atoms with van der Waals surface area (Å²) in [7, 11) is 0. The minimum atomic E-state index is -0.797. The molecule has 1 aliphatic rings. The number of carbonyl (C=O) groups is 1. The lowest BCUT2D eigenvalue weighted by Gasteiger charge is -2.10. The molecule has 2 aromatic carbocycles. The van der Waals surface area contributed by atoms with Crippen LogP contribution in [0.5, 0.6) is 0 Å². The Bertz CT molecular complexity index is 649. The fourth-order valence-electron chi connectivity index (χ4n) is 2.63. The van der Waals surface area contributed by atoms with Crippen molar-refractivity contribution >= 4 is 11.5 Å². The Morgan fingerprint density at radius 1 is 1.10 bits per heavy atom. The van der Waals surface area contributed by atoms with Gasteiger partial charge in [0.05, 0.1) is 5.56 Å². The standard InChI is InChI=1S/C16H13F2NO/c17-12-5-3-6-13(18)16(12)15(20)8-10-9-19-14-7-2-1-4-11(10)14/h1-7,10,19H,8-9H2. The normalized spacial score (nSPS) is 16.6. The summed E-state index contributed by atoms with van der Waals surface area (Å²) in [4.78, 5) is 12.1. The summed E-state index contributed by atoms with van der Waals surface area (Å²) in [5.74, 6) is -2.13. The fourth-order valence-corrected chi connectivity index (χ4v) is 2.63. The van der Waals surface area contributed by atoms with E-state index in [9.17, 15) is 13.6 Å². The van der Waals surface area contributed by atoms with Crippen molar-refractivity contribution in [2.24, 2.45) is 0 Å². The number of hydrogen-bond acceptors (Lipinski definition) is 2. The Balaban J connectivity index is 1.85. The first-order chi connectivity index (χ1) is 9.66. The van der Waals surface area contributed by atoms with E-state index in [0.29, 0.717) is 6.54 Å². The second-order valence-electron chi connectivity index (χ2n) is 4.89. The van der Waals surface area contributed by atoms with Crippen LogP contribution in [0.15, 0.2) is 42.5 Å². The predicted molar refractivity (Wildman–Crippen MR) is 73.0 cm³/mol. The molecule has 0 fully saturated rings.